The minimum atomic E-state index is 0.937. The Morgan fingerprint density at radius 1 is 1.18 bits per heavy atom. The second-order valence-electron chi connectivity index (χ2n) is 4.40. The smallest absolute Gasteiger partial charge is 0.0794 e. The van der Waals surface area contributed by atoms with E-state index in [4.69, 9.17) is 0 Å². The normalized spacial score (nSPS) is 10.7. The maximum absolute atomic E-state index is 4.27. The summed E-state index contributed by atoms with van der Waals surface area (Å²) in [6, 6.07) is 6.68. The van der Waals surface area contributed by atoms with Gasteiger partial charge in [0.2, 0.25) is 0 Å². The lowest BCUT2D eigenvalue weighted by Gasteiger charge is -2.06. The minimum Gasteiger partial charge on any atom is -0.312 e. The van der Waals surface area contributed by atoms with Crippen molar-refractivity contribution in [1.82, 2.24) is 10.3 Å². The molecule has 0 bridgehead atoms. The van der Waals surface area contributed by atoms with E-state index in [0.717, 1.165) is 19.5 Å². The van der Waals surface area contributed by atoms with Crippen LogP contribution in [0.25, 0.3) is 0 Å². The van der Waals surface area contributed by atoms with E-state index < -0.39 is 0 Å². The highest BCUT2D eigenvalue weighted by atomic mass is 32.1. The fourth-order valence-electron chi connectivity index (χ4n) is 1.98. The van der Waals surface area contributed by atoms with Gasteiger partial charge in [0.05, 0.1) is 11.2 Å². The van der Waals surface area contributed by atoms with Crippen LogP contribution in [-0.2, 0) is 13.0 Å². The molecular formula is C14H18N2S. The van der Waals surface area contributed by atoms with Crippen molar-refractivity contribution in [3.05, 3.63) is 51.5 Å². The number of benzene rings is 1. The van der Waals surface area contributed by atoms with E-state index in [1.807, 2.05) is 5.51 Å². The molecule has 0 saturated carbocycles. The van der Waals surface area contributed by atoms with Crippen LogP contribution in [0.2, 0.25) is 0 Å². The summed E-state index contributed by atoms with van der Waals surface area (Å²) in [6.07, 6.45) is 1.01. The Morgan fingerprint density at radius 2 is 1.94 bits per heavy atom. The lowest BCUT2D eigenvalue weighted by Crippen LogP contribution is -2.16. The first kappa shape index (κ1) is 12.3. The number of hydrogen-bond donors (Lipinski definition) is 1. The Morgan fingerprint density at radius 3 is 2.59 bits per heavy atom. The van der Waals surface area contributed by atoms with Gasteiger partial charge in [-0.3, -0.25) is 0 Å². The topological polar surface area (TPSA) is 24.9 Å². The van der Waals surface area contributed by atoms with Crippen molar-refractivity contribution in [2.24, 2.45) is 0 Å². The van der Waals surface area contributed by atoms with Gasteiger partial charge in [-0.15, -0.1) is 11.3 Å². The van der Waals surface area contributed by atoms with E-state index in [9.17, 15) is 0 Å². The average Bonchev–Trinajstić information content (AvgIpc) is 2.76. The van der Waals surface area contributed by atoms with E-state index in [1.165, 1.54) is 22.4 Å². The van der Waals surface area contributed by atoms with Crippen molar-refractivity contribution < 1.29 is 0 Å². The zero-order chi connectivity index (χ0) is 12.1. The van der Waals surface area contributed by atoms with Gasteiger partial charge in [-0.25, -0.2) is 4.98 Å². The van der Waals surface area contributed by atoms with Crippen LogP contribution in [0.5, 0.6) is 0 Å². The van der Waals surface area contributed by atoms with Crippen LogP contribution < -0.4 is 5.32 Å². The van der Waals surface area contributed by atoms with Crippen molar-refractivity contribution in [1.29, 1.82) is 0 Å². The van der Waals surface area contributed by atoms with Gasteiger partial charge in [0.15, 0.2) is 0 Å². The first-order chi connectivity index (χ1) is 8.24. The summed E-state index contributed by atoms with van der Waals surface area (Å²) in [7, 11) is 0. The number of hydrogen-bond acceptors (Lipinski definition) is 3. The van der Waals surface area contributed by atoms with Crippen molar-refractivity contribution in [2.75, 3.05) is 6.54 Å². The Bertz CT molecular complexity index is 443. The molecule has 2 aromatic rings. The van der Waals surface area contributed by atoms with Crippen molar-refractivity contribution in [3.8, 4) is 0 Å². The molecule has 0 amide bonds. The summed E-state index contributed by atoms with van der Waals surface area (Å²) in [5.74, 6) is 0. The fraction of sp³-hybridized carbons (Fsp3) is 0.357. The molecule has 1 aromatic heterocycles. The summed E-state index contributed by atoms with van der Waals surface area (Å²) < 4.78 is 0. The molecule has 2 rings (SSSR count). The molecule has 2 nitrogen and oxygen atoms in total. The Kier molecular flexibility index (Phi) is 4.29. The molecule has 0 atom stereocenters. The molecule has 1 aromatic carbocycles. The minimum absolute atomic E-state index is 0.937. The fourth-order valence-corrected chi connectivity index (χ4v) is 2.57. The molecule has 0 spiro atoms. The van der Waals surface area contributed by atoms with Gasteiger partial charge in [-0.1, -0.05) is 29.3 Å². The number of aryl methyl sites for hydroxylation is 2. The molecule has 90 valence electrons. The van der Waals surface area contributed by atoms with Crippen LogP contribution in [0.4, 0.5) is 0 Å². The van der Waals surface area contributed by atoms with Crippen LogP contribution in [-0.4, -0.2) is 11.5 Å². The number of nitrogens with zero attached hydrogens (tertiary/aromatic N) is 1. The molecule has 17 heavy (non-hydrogen) atoms. The number of rotatable bonds is 5. The second kappa shape index (κ2) is 5.94. The van der Waals surface area contributed by atoms with Gasteiger partial charge >= 0.3 is 0 Å². The van der Waals surface area contributed by atoms with Crippen LogP contribution in [0, 0.1) is 13.8 Å². The predicted molar refractivity (Wildman–Crippen MR) is 73.4 cm³/mol. The number of thiazole rings is 1. The van der Waals surface area contributed by atoms with Crippen LogP contribution in [0.3, 0.4) is 0 Å². The highest BCUT2D eigenvalue weighted by Crippen LogP contribution is 2.08. The first-order valence-corrected chi connectivity index (χ1v) is 6.83. The van der Waals surface area contributed by atoms with Gasteiger partial charge in [-0.2, -0.15) is 0 Å². The third-order valence-corrected chi connectivity index (χ3v) is 3.29. The third-order valence-electron chi connectivity index (χ3n) is 2.65. The zero-order valence-electron chi connectivity index (χ0n) is 10.4. The maximum Gasteiger partial charge on any atom is 0.0794 e. The Labute approximate surface area is 107 Å². The molecule has 0 radical (unpaired) electrons. The van der Waals surface area contributed by atoms with Crippen LogP contribution in [0.15, 0.2) is 29.1 Å². The van der Waals surface area contributed by atoms with Crippen molar-refractivity contribution in [2.45, 2.75) is 26.8 Å². The van der Waals surface area contributed by atoms with E-state index in [2.05, 4.69) is 47.7 Å². The summed E-state index contributed by atoms with van der Waals surface area (Å²) in [6.45, 7) is 6.21. The van der Waals surface area contributed by atoms with Gasteiger partial charge in [-0.05, 0) is 19.4 Å². The number of aromatic nitrogens is 1. The zero-order valence-corrected chi connectivity index (χ0v) is 11.2. The molecule has 0 saturated heterocycles. The molecule has 1 N–H and O–H groups in total. The van der Waals surface area contributed by atoms with Gasteiger partial charge in [0.1, 0.15) is 0 Å². The maximum atomic E-state index is 4.27. The van der Waals surface area contributed by atoms with E-state index >= 15 is 0 Å². The summed E-state index contributed by atoms with van der Waals surface area (Å²) in [5.41, 5.74) is 7.10. The molecular weight excluding hydrogens is 228 g/mol. The third kappa shape index (κ3) is 3.95. The van der Waals surface area contributed by atoms with Gasteiger partial charge in [0.25, 0.3) is 0 Å². The van der Waals surface area contributed by atoms with Crippen molar-refractivity contribution in [3.63, 3.8) is 0 Å². The molecule has 0 aliphatic carbocycles. The Balaban J connectivity index is 1.78. The largest absolute Gasteiger partial charge is 0.312 e. The highest BCUT2D eigenvalue weighted by Gasteiger charge is 1.97. The van der Waals surface area contributed by atoms with Crippen LogP contribution >= 0.6 is 11.3 Å². The highest BCUT2D eigenvalue weighted by molar-refractivity contribution is 7.07. The monoisotopic (exact) mass is 246 g/mol. The molecule has 0 aliphatic heterocycles. The number of nitrogens with one attached hydrogen (secondary N) is 1. The molecule has 0 aliphatic rings. The van der Waals surface area contributed by atoms with E-state index in [1.54, 1.807) is 11.3 Å². The molecule has 1 heterocycles. The standard InChI is InChI=1S/C14H18N2S/c1-11-5-12(2)7-13(6-11)8-15-4-3-14-9-17-10-16-14/h5-7,9-10,15H,3-4,8H2,1-2H3. The van der Waals surface area contributed by atoms with E-state index in [0.29, 0.717) is 0 Å². The predicted octanol–water partition coefficient (Wildman–Crippen LogP) is 3.09. The summed E-state index contributed by atoms with van der Waals surface area (Å²) >= 11 is 1.66. The molecule has 0 unspecified atom stereocenters. The lowest BCUT2D eigenvalue weighted by molar-refractivity contribution is 0.681. The van der Waals surface area contributed by atoms with Crippen LogP contribution in [0.1, 0.15) is 22.4 Å². The quantitative estimate of drug-likeness (QED) is 0.820. The van der Waals surface area contributed by atoms with Gasteiger partial charge < -0.3 is 5.32 Å². The first-order valence-electron chi connectivity index (χ1n) is 5.89. The molecule has 0 fully saturated rings. The SMILES string of the molecule is Cc1cc(C)cc(CNCCc2cscn2)c1. The summed E-state index contributed by atoms with van der Waals surface area (Å²) in [4.78, 5) is 4.27. The van der Waals surface area contributed by atoms with Crippen molar-refractivity contribution >= 4 is 11.3 Å². The lowest BCUT2D eigenvalue weighted by atomic mass is 10.1. The van der Waals surface area contributed by atoms with Gasteiger partial charge in [0, 0.05) is 24.9 Å². The molecule has 3 heteroatoms. The summed E-state index contributed by atoms with van der Waals surface area (Å²) in [5, 5.41) is 5.57. The average molecular weight is 246 g/mol. The second-order valence-corrected chi connectivity index (χ2v) is 5.12. The van der Waals surface area contributed by atoms with E-state index in [-0.39, 0.29) is 0 Å². The Hall–Kier alpha value is -1.19.